The summed E-state index contributed by atoms with van der Waals surface area (Å²) in [6.07, 6.45) is 15.0. The average Bonchev–Trinajstić information content (AvgIpc) is 2.93. The van der Waals surface area contributed by atoms with Crippen molar-refractivity contribution in [1.82, 2.24) is 0 Å². The zero-order chi connectivity index (χ0) is 20.0. The Kier molecular flexibility index (Phi) is 10.0. The summed E-state index contributed by atoms with van der Waals surface area (Å²) in [5.74, 6) is 2.14. The highest BCUT2D eigenvalue weighted by atomic mass is 16.5. The van der Waals surface area contributed by atoms with Gasteiger partial charge in [-0.2, -0.15) is 0 Å². The highest BCUT2D eigenvalue weighted by molar-refractivity contribution is 5.25. The fourth-order valence-electron chi connectivity index (χ4n) is 2.75. The number of unbranched alkanes of at least 4 members (excludes halogenated alkanes) is 4. The molecule has 1 N–H and O–H groups in total. The second-order valence-electron chi connectivity index (χ2n) is 6.41. The van der Waals surface area contributed by atoms with E-state index in [4.69, 9.17) is 23.7 Å². The van der Waals surface area contributed by atoms with E-state index in [1.165, 1.54) is 12.3 Å². The molecular formula is C22H30O6. The van der Waals surface area contributed by atoms with Crippen LogP contribution in [0.3, 0.4) is 0 Å². The number of aliphatic hydroxyl groups excluding tert-OH is 1. The van der Waals surface area contributed by atoms with Crippen LogP contribution in [0.2, 0.25) is 0 Å². The van der Waals surface area contributed by atoms with Crippen molar-refractivity contribution in [3.63, 3.8) is 0 Å². The van der Waals surface area contributed by atoms with Gasteiger partial charge in [0.1, 0.15) is 24.4 Å². The molecule has 0 radical (unpaired) electrons. The number of hydrogen-bond acceptors (Lipinski definition) is 6. The summed E-state index contributed by atoms with van der Waals surface area (Å²) in [5, 5.41) is 8.91. The van der Waals surface area contributed by atoms with Crippen molar-refractivity contribution >= 4 is 0 Å². The van der Waals surface area contributed by atoms with Crippen molar-refractivity contribution < 1.29 is 23.7 Å². The summed E-state index contributed by atoms with van der Waals surface area (Å²) in [7, 11) is 0. The number of allylic oxidation sites excluding steroid dienone is 4. The normalized spacial score (nSPS) is 13.5. The quantitative estimate of drug-likeness (QED) is 0.508. The van der Waals surface area contributed by atoms with Crippen molar-refractivity contribution in [2.24, 2.45) is 0 Å². The van der Waals surface area contributed by atoms with Crippen molar-refractivity contribution in [3.8, 4) is 5.75 Å². The average molecular weight is 390 g/mol. The van der Waals surface area contributed by atoms with E-state index in [1.807, 2.05) is 25.2 Å². The number of ether oxygens (including phenoxy) is 3. The van der Waals surface area contributed by atoms with Gasteiger partial charge in [-0.25, -0.2) is 0 Å². The third-order valence-electron chi connectivity index (χ3n) is 4.20. The Morgan fingerprint density at radius 2 is 1.79 bits per heavy atom. The Bertz CT molecular complexity index is 729. The minimum absolute atomic E-state index is 0.190. The van der Waals surface area contributed by atoms with Crippen LogP contribution in [0.1, 0.15) is 51.2 Å². The van der Waals surface area contributed by atoms with Crippen LogP contribution in [0.15, 0.2) is 57.4 Å². The summed E-state index contributed by atoms with van der Waals surface area (Å²) >= 11 is 0. The predicted molar refractivity (Wildman–Crippen MR) is 107 cm³/mol. The first kappa shape index (κ1) is 21.8. The van der Waals surface area contributed by atoms with Gasteiger partial charge in [0.2, 0.25) is 11.2 Å². The smallest absolute Gasteiger partial charge is 0.227 e. The van der Waals surface area contributed by atoms with Gasteiger partial charge in [0.25, 0.3) is 0 Å². The lowest BCUT2D eigenvalue weighted by atomic mass is 10.1. The Hall–Kier alpha value is -2.47. The Morgan fingerprint density at radius 1 is 1.04 bits per heavy atom. The molecule has 0 fully saturated rings. The van der Waals surface area contributed by atoms with E-state index in [2.05, 4.69) is 6.08 Å². The van der Waals surface area contributed by atoms with Crippen LogP contribution in [0.5, 0.6) is 5.75 Å². The van der Waals surface area contributed by atoms with Gasteiger partial charge in [0, 0.05) is 12.5 Å². The van der Waals surface area contributed by atoms with Crippen LogP contribution < -0.4 is 10.2 Å². The SMILES string of the molecule is CCOC1=C(OCCCCCCCOc2coc(CO)cc2=O)C=CC=CC1. The zero-order valence-corrected chi connectivity index (χ0v) is 16.5. The lowest BCUT2D eigenvalue weighted by Crippen LogP contribution is -2.09. The molecule has 0 aromatic carbocycles. The molecule has 0 atom stereocenters. The first-order valence-corrected chi connectivity index (χ1v) is 9.92. The first-order valence-electron chi connectivity index (χ1n) is 9.92. The number of aliphatic hydroxyl groups is 1. The van der Waals surface area contributed by atoms with Gasteiger partial charge in [-0.05, 0) is 25.8 Å². The van der Waals surface area contributed by atoms with E-state index in [0.29, 0.717) is 19.8 Å². The van der Waals surface area contributed by atoms with Crippen molar-refractivity contribution in [1.29, 1.82) is 0 Å². The Morgan fingerprint density at radius 3 is 2.50 bits per heavy atom. The fourth-order valence-corrected chi connectivity index (χ4v) is 2.75. The van der Waals surface area contributed by atoms with Crippen LogP contribution in [0.25, 0.3) is 0 Å². The fraction of sp³-hybridized carbons (Fsp3) is 0.500. The maximum absolute atomic E-state index is 11.7. The van der Waals surface area contributed by atoms with Gasteiger partial charge < -0.3 is 23.7 Å². The molecule has 1 aliphatic carbocycles. The molecule has 0 saturated heterocycles. The third kappa shape index (κ3) is 7.64. The number of hydrogen-bond donors (Lipinski definition) is 1. The predicted octanol–water partition coefficient (Wildman–Crippen LogP) is 4.24. The standard InChI is InChI=1S/C22H30O6/c1-2-25-20-11-7-6-8-12-21(20)26-13-9-4-3-5-10-14-27-22-17-28-18(16-23)15-19(22)24/h6-8,12,15,17,23H,2-5,9-11,13-14,16H2,1H3. The van der Waals surface area contributed by atoms with Crippen molar-refractivity contribution in [2.75, 3.05) is 19.8 Å². The van der Waals surface area contributed by atoms with E-state index >= 15 is 0 Å². The van der Waals surface area contributed by atoms with Crippen LogP contribution in [-0.4, -0.2) is 24.9 Å². The highest BCUT2D eigenvalue weighted by Crippen LogP contribution is 2.18. The molecular weight excluding hydrogens is 360 g/mol. The molecule has 0 aliphatic heterocycles. The minimum Gasteiger partial charge on any atom is -0.494 e. The molecule has 1 aromatic rings. The molecule has 28 heavy (non-hydrogen) atoms. The molecule has 0 amide bonds. The molecule has 0 spiro atoms. The first-order chi connectivity index (χ1) is 13.7. The number of rotatable bonds is 13. The second-order valence-corrected chi connectivity index (χ2v) is 6.41. The highest BCUT2D eigenvalue weighted by Gasteiger charge is 2.08. The van der Waals surface area contributed by atoms with Crippen molar-refractivity contribution in [2.45, 2.75) is 52.1 Å². The molecule has 6 heteroatoms. The summed E-state index contributed by atoms with van der Waals surface area (Å²) in [6, 6.07) is 1.25. The van der Waals surface area contributed by atoms with E-state index in [9.17, 15) is 4.79 Å². The summed E-state index contributed by atoms with van der Waals surface area (Å²) in [4.78, 5) is 11.7. The summed E-state index contributed by atoms with van der Waals surface area (Å²) in [6.45, 7) is 3.46. The van der Waals surface area contributed by atoms with E-state index < -0.39 is 0 Å². The Balaban J connectivity index is 1.55. The van der Waals surface area contributed by atoms with Gasteiger partial charge in [0.15, 0.2) is 5.76 Å². The monoisotopic (exact) mass is 390 g/mol. The van der Waals surface area contributed by atoms with Crippen LogP contribution in [0.4, 0.5) is 0 Å². The van der Waals surface area contributed by atoms with Crippen LogP contribution >= 0.6 is 0 Å². The van der Waals surface area contributed by atoms with Crippen LogP contribution in [-0.2, 0) is 16.1 Å². The molecule has 1 aromatic heterocycles. The summed E-state index contributed by atoms with van der Waals surface area (Å²) in [5.41, 5.74) is -0.268. The van der Waals surface area contributed by atoms with Gasteiger partial charge in [-0.3, -0.25) is 4.79 Å². The second kappa shape index (κ2) is 12.8. The largest absolute Gasteiger partial charge is 0.494 e. The van der Waals surface area contributed by atoms with Crippen molar-refractivity contribution in [3.05, 3.63) is 64.1 Å². The van der Waals surface area contributed by atoms with E-state index in [1.54, 1.807) is 0 Å². The molecule has 0 saturated carbocycles. The molecule has 154 valence electrons. The topological polar surface area (TPSA) is 78.1 Å². The molecule has 0 bridgehead atoms. The van der Waals surface area contributed by atoms with Gasteiger partial charge in [-0.15, -0.1) is 0 Å². The molecule has 0 unspecified atom stereocenters. The third-order valence-corrected chi connectivity index (χ3v) is 4.20. The molecule has 2 rings (SSSR count). The van der Waals surface area contributed by atoms with Gasteiger partial charge in [-0.1, -0.05) is 37.5 Å². The van der Waals surface area contributed by atoms with Gasteiger partial charge in [0.05, 0.1) is 19.8 Å². The zero-order valence-electron chi connectivity index (χ0n) is 16.5. The lowest BCUT2D eigenvalue weighted by Gasteiger charge is -2.12. The van der Waals surface area contributed by atoms with Crippen LogP contribution in [0, 0.1) is 0 Å². The molecule has 1 aliphatic rings. The summed E-state index contributed by atoms with van der Waals surface area (Å²) < 4.78 is 22.1. The van der Waals surface area contributed by atoms with Gasteiger partial charge >= 0.3 is 0 Å². The van der Waals surface area contributed by atoms with E-state index in [0.717, 1.165) is 50.0 Å². The minimum atomic E-state index is -0.295. The van der Waals surface area contributed by atoms with E-state index in [-0.39, 0.29) is 23.5 Å². The molecule has 1 heterocycles. The Labute approximate surface area is 166 Å². The maximum atomic E-state index is 11.7. The lowest BCUT2D eigenvalue weighted by molar-refractivity contribution is 0.162. The molecule has 6 nitrogen and oxygen atoms in total. The maximum Gasteiger partial charge on any atom is 0.227 e.